The lowest BCUT2D eigenvalue weighted by molar-refractivity contribution is -0.140. The molecule has 0 spiro atoms. The number of alkyl halides is 3. The van der Waals surface area contributed by atoms with Gasteiger partial charge < -0.3 is 9.84 Å². The zero-order valence-electron chi connectivity index (χ0n) is 11.3. The highest BCUT2D eigenvalue weighted by Crippen LogP contribution is 2.36. The van der Waals surface area contributed by atoms with Gasteiger partial charge in [0.25, 0.3) is 0 Å². The van der Waals surface area contributed by atoms with E-state index < -0.39 is 23.8 Å². The van der Waals surface area contributed by atoms with Crippen molar-refractivity contribution in [2.24, 2.45) is 0 Å². The molecule has 4 nitrogen and oxygen atoms in total. The van der Waals surface area contributed by atoms with Crippen molar-refractivity contribution in [3.8, 4) is 0 Å². The minimum absolute atomic E-state index is 0.0341. The van der Waals surface area contributed by atoms with E-state index in [1.165, 1.54) is 12.1 Å². The Morgan fingerprint density at radius 2 is 2.10 bits per heavy atom. The van der Waals surface area contributed by atoms with Crippen LogP contribution in [-0.2, 0) is 15.7 Å². The number of hydrogen-bond acceptors (Lipinski definition) is 3. The first-order valence-electron chi connectivity index (χ1n) is 6.60. The van der Waals surface area contributed by atoms with Gasteiger partial charge >= 0.3 is 12.1 Å². The third kappa shape index (κ3) is 4.18. The summed E-state index contributed by atoms with van der Waals surface area (Å²) < 4.78 is 44.5. The van der Waals surface area contributed by atoms with Crippen molar-refractivity contribution in [1.82, 2.24) is 4.90 Å². The van der Waals surface area contributed by atoms with Crippen LogP contribution in [-0.4, -0.2) is 42.2 Å². The molecule has 0 amide bonds. The summed E-state index contributed by atoms with van der Waals surface area (Å²) in [6.45, 7) is 1.39. The van der Waals surface area contributed by atoms with Gasteiger partial charge in [0.15, 0.2) is 0 Å². The lowest BCUT2D eigenvalue weighted by Crippen LogP contribution is -2.39. The number of carbonyl (C=O) groups is 1. The number of ether oxygens (including phenoxy) is 1. The van der Waals surface area contributed by atoms with Gasteiger partial charge in [0.05, 0.1) is 24.7 Å². The molecule has 1 aliphatic heterocycles. The largest absolute Gasteiger partial charge is 0.481 e. The van der Waals surface area contributed by atoms with Gasteiger partial charge in [-0.25, -0.2) is 0 Å². The Bertz CT molecular complexity index is 504. The van der Waals surface area contributed by atoms with E-state index in [0.29, 0.717) is 13.1 Å². The number of aliphatic carboxylic acids is 1. The van der Waals surface area contributed by atoms with E-state index in [1.54, 1.807) is 6.07 Å². The highest BCUT2D eigenvalue weighted by Gasteiger charge is 2.36. The molecule has 1 aliphatic rings. The third-order valence-corrected chi connectivity index (χ3v) is 3.41. The molecule has 0 aromatic heterocycles. The molecule has 0 aliphatic carbocycles. The van der Waals surface area contributed by atoms with Crippen LogP contribution in [0, 0.1) is 0 Å². The first-order chi connectivity index (χ1) is 9.88. The Labute approximate surface area is 120 Å². The molecule has 21 heavy (non-hydrogen) atoms. The second-order valence-corrected chi connectivity index (χ2v) is 4.89. The summed E-state index contributed by atoms with van der Waals surface area (Å²) in [5, 5.41) is 8.67. The molecule has 116 valence electrons. The molecule has 1 aromatic rings. The molecule has 7 heteroatoms. The predicted octanol–water partition coefficient (Wildman–Crippen LogP) is 2.55. The molecule has 1 heterocycles. The van der Waals surface area contributed by atoms with Crippen molar-refractivity contribution in [2.75, 3.05) is 26.2 Å². The van der Waals surface area contributed by atoms with Crippen molar-refractivity contribution in [1.29, 1.82) is 0 Å². The number of morpholine rings is 1. The molecule has 1 aromatic carbocycles. The summed E-state index contributed by atoms with van der Waals surface area (Å²) in [7, 11) is 0. The minimum atomic E-state index is -4.43. The summed E-state index contributed by atoms with van der Waals surface area (Å²) >= 11 is 0. The standard InChI is InChI=1S/C14H16F3NO3/c15-14(16,17)11-4-2-1-3-10(11)12-9-18(7-8-21-12)6-5-13(19)20/h1-4,12H,5-9H2,(H,19,20). The van der Waals surface area contributed by atoms with E-state index in [1.807, 2.05) is 4.90 Å². The van der Waals surface area contributed by atoms with E-state index >= 15 is 0 Å². The van der Waals surface area contributed by atoms with Gasteiger partial charge in [0.2, 0.25) is 0 Å². The van der Waals surface area contributed by atoms with Crippen LogP contribution in [0.3, 0.4) is 0 Å². The third-order valence-electron chi connectivity index (χ3n) is 3.41. The summed E-state index contributed by atoms with van der Waals surface area (Å²) in [6, 6.07) is 5.34. The molecular formula is C14H16F3NO3. The molecule has 1 fully saturated rings. The van der Waals surface area contributed by atoms with Crippen molar-refractivity contribution in [3.63, 3.8) is 0 Å². The van der Waals surface area contributed by atoms with Gasteiger partial charge in [-0.05, 0) is 11.6 Å². The number of nitrogens with zero attached hydrogens (tertiary/aromatic N) is 1. The molecule has 1 saturated heterocycles. The Balaban J connectivity index is 2.13. The van der Waals surface area contributed by atoms with Crippen molar-refractivity contribution in [3.05, 3.63) is 35.4 Å². The van der Waals surface area contributed by atoms with Gasteiger partial charge in [-0.15, -0.1) is 0 Å². The smallest absolute Gasteiger partial charge is 0.416 e. The van der Waals surface area contributed by atoms with Gasteiger partial charge in [-0.2, -0.15) is 13.2 Å². The lowest BCUT2D eigenvalue weighted by Gasteiger charge is -2.33. The number of carboxylic acid groups (broad SMARTS) is 1. The number of hydrogen-bond donors (Lipinski definition) is 1. The molecule has 1 N–H and O–H groups in total. The van der Waals surface area contributed by atoms with E-state index in [0.717, 1.165) is 6.07 Å². The molecule has 0 saturated carbocycles. The molecule has 1 unspecified atom stereocenters. The van der Waals surface area contributed by atoms with E-state index in [4.69, 9.17) is 9.84 Å². The zero-order chi connectivity index (χ0) is 15.5. The number of halogens is 3. The highest BCUT2D eigenvalue weighted by atomic mass is 19.4. The van der Waals surface area contributed by atoms with Crippen LogP contribution in [0.15, 0.2) is 24.3 Å². The van der Waals surface area contributed by atoms with Gasteiger partial charge in [0, 0.05) is 19.6 Å². The van der Waals surface area contributed by atoms with Crippen LogP contribution < -0.4 is 0 Å². The Morgan fingerprint density at radius 3 is 2.76 bits per heavy atom. The maximum Gasteiger partial charge on any atom is 0.416 e. The maximum absolute atomic E-state index is 13.0. The van der Waals surface area contributed by atoms with Gasteiger partial charge in [-0.3, -0.25) is 9.69 Å². The van der Waals surface area contributed by atoms with Crippen molar-refractivity contribution >= 4 is 5.97 Å². The Hall–Kier alpha value is -1.60. The summed E-state index contributed by atoms with van der Waals surface area (Å²) in [5.74, 6) is -0.922. The molecular weight excluding hydrogens is 287 g/mol. The van der Waals surface area contributed by atoms with Crippen LogP contribution in [0.2, 0.25) is 0 Å². The lowest BCUT2D eigenvalue weighted by atomic mass is 10.0. The van der Waals surface area contributed by atoms with Crippen molar-refractivity contribution < 1.29 is 27.8 Å². The summed E-state index contributed by atoms with van der Waals surface area (Å²) in [4.78, 5) is 12.4. The minimum Gasteiger partial charge on any atom is -0.481 e. The van der Waals surface area contributed by atoms with E-state index in [9.17, 15) is 18.0 Å². The average Bonchev–Trinajstić information content (AvgIpc) is 2.44. The molecule has 0 radical (unpaired) electrons. The Kier molecular flexibility index (Phi) is 4.84. The summed E-state index contributed by atoms with van der Waals surface area (Å²) in [6.07, 6.45) is -5.15. The topological polar surface area (TPSA) is 49.8 Å². The fraction of sp³-hybridized carbons (Fsp3) is 0.500. The van der Waals surface area contributed by atoms with Gasteiger partial charge in [0.1, 0.15) is 0 Å². The fourth-order valence-electron chi connectivity index (χ4n) is 2.38. The SMILES string of the molecule is O=C(O)CCN1CCOC(c2ccccc2C(F)(F)F)C1. The molecule has 0 bridgehead atoms. The second-order valence-electron chi connectivity index (χ2n) is 4.89. The highest BCUT2D eigenvalue weighted by molar-refractivity contribution is 5.66. The maximum atomic E-state index is 13.0. The number of rotatable bonds is 4. The van der Waals surface area contributed by atoms with E-state index in [2.05, 4.69) is 0 Å². The molecule has 2 rings (SSSR count). The Morgan fingerprint density at radius 1 is 1.38 bits per heavy atom. The number of carboxylic acids is 1. The quantitative estimate of drug-likeness (QED) is 0.929. The van der Waals surface area contributed by atoms with Crippen LogP contribution in [0.5, 0.6) is 0 Å². The first kappa shape index (κ1) is 15.8. The van der Waals surface area contributed by atoms with Crippen LogP contribution in [0.1, 0.15) is 23.7 Å². The van der Waals surface area contributed by atoms with Crippen LogP contribution in [0.4, 0.5) is 13.2 Å². The van der Waals surface area contributed by atoms with Crippen LogP contribution >= 0.6 is 0 Å². The van der Waals surface area contributed by atoms with E-state index in [-0.39, 0.29) is 25.1 Å². The average molecular weight is 303 g/mol. The first-order valence-corrected chi connectivity index (χ1v) is 6.60. The molecule has 1 atom stereocenters. The van der Waals surface area contributed by atoms with Crippen molar-refractivity contribution in [2.45, 2.75) is 18.7 Å². The second kappa shape index (κ2) is 6.44. The number of benzene rings is 1. The monoisotopic (exact) mass is 303 g/mol. The van der Waals surface area contributed by atoms with Gasteiger partial charge in [-0.1, -0.05) is 18.2 Å². The normalized spacial score (nSPS) is 20.4. The predicted molar refractivity (Wildman–Crippen MR) is 68.8 cm³/mol. The summed E-state index contributed by atoms with van der Waals surface area (Å²) in [5.41, 5.74) is -0.597. The zero-order valence-corrected chi connectivity index (χ0v) is 11.3. The van der Waals surface area contributed by atoms with Crippen LogP contribution in [0.25, 0.3) is 0 Å². The fourth-order valence-corrected chi connectivity index (χ4v) is 2.38.